The first-order valence-corrected chi connectivity index (χ1v) is 7.29. The minimum absolute atomic E-state index is 0.432. The van der Waals surface area contributed by atoms with E-state index in [9.17, 15) is 4.79 Å². The second-order valence-corrected chi connectivity index (χ2v) is 6.03. The highest BCUT2D eigenvalue weighted by atomic mass is 35.5. The lowest BCUT2D eigenvalue weighted by atomic mass is 10.2. The first-order chi connectivity index (χ1) is 9.09. The van der Waals surface area contributed by atoms with Gasteiger partial charge < -0.3 is 0 Å². The molecule has 2 aromatic carbocycles. The maximum Gasteiger partial charge on any atom is 0.325 e. The minimum Gasteiger partial charge on any atom is -0.265 e. The molecule has 2 nitrogen and oxygen atoms in total. The molecule has 19 heavy (non-hydrogen) atoms. The van der Waals surface area contributed by atoms with Crippen LogP contribution < -0.4 is 4.90 Å². The van der Waals surface area contributed by atoms with E-state index in [0.717, 1.165) is 15.5 Å². The molecule has 1 aliphatic rings. The van der Waals surface area contributed by atoms with Crippen molar-refractivity contribution in [3.63, 3.8) is 0 Å². The van der Waals surface area contributed by atoms with Crippen molar-refractivity contribution in [2.24, 2.45) is 0 Å². The summed E-state index contributed by atoms with van der Waals surface area (Å²) in [6.45, 7) is 0. The van der Waals surface area contributed by atoms with E-state index >= 15 is 0 Å². The van der Waals surface area contributed by atoms with Crippen molar-refractivity contribution in [1.29, 1.82) is 0 Å². The molecular weight excluding hydrogens is 325 g/mol. The number of hydrogen-bond donors (Lipinski definition) is 0. The van der Waals surface area contributed by atoms with Crippen LogP contribution >= 0.6 is 46.6 Å². The number of benzene rings is 2. The van der Waals surface area contributed by atoms with Gasteiger partial charge in [-0.05, 0) is 35.9 Å². The average Bonchev–Trinajstić information content (AvgIpc) is 2.40. The van der Waals surface area contributed by atoms with Crippen molar-refractivity contribution >= 4 is 63.3 Å². The van der Waals surface area contributed by atoms with E-state index < -0.39 is 5.37 Å². The van der Waals surface area contributed by atoms with E-state index in [2.05, 4.69) is 0 Å². The quantitative estimate of drug-likeness (QED) is 0.439. The summed E-state index contributed by atoms with van der Waals surface area (Å²) in [4.78, 5) is 14.8. The van der Waals surface area contributed by atoms with Gasteiger partial charge in [0.2, 0.25) is 0 Å². The van der Waals surface area contributed by atoms with Crippen LogP contribution in [0.3, 0.4) is 0 Å². The first kappa shape index (κ1) is 13.1. The summed E-state index contributed by atoms with van der Waals surface area (Å²) < 4.78 is 0. The molecule has 3 rings (SSSR count). The van der Waals surface area contributed by atoms with Gasteiger partial charge in [0.15, 0.2) is 0 Å². The summed E-state index contributed by atoms with van der Waals surface area (Å²) in [5, 5.41) is 0.309. The zero-order valence-corrected chi connectivity index (χ0v) is 12.4. The average molecular weight is 331 g/mol. The Morgan fingerprint density at radius 3 is 2.53 bits per heavy atom. The van der Waals surface area contributed by atoms with Crippen LogP contribution in [-0.4, -0.2) is 5.37 Å². The lowest BCUT2D eigenvalue weighted by molar-refractivity contribution is 0.266. The van der Waals surface area contributed by atoms with Crippen LogP contribution in [0, 0.1) is 0 Å². The van der Waals surface area contributed by atoms with Gasteiger partial charge in [-0.3, -0.25) is 9.69 Å². The van der Waals surface area contributed by atoms with Gasteiger partial charge in [0.1, 0.15) is 0 Å². The van der Waals surface area contributed by atoms with Crippen molar-refractivity contribution in [1.82, 2.24) is 0 Å². The molecule has 0 atom stereocenters. The zero-order valence-electron chi connectivity index (χ0n) is 9.36. The predicted molar refractivity (Wildman–Crippen MR) is 80.4 cm³/mol. The van der Waals surface area contributed by atoms with E-state index in [0.29, 0.717) is 15.7 Å². The third-order valence-corrected chi connectivity index (χ3v) is 5.03. The highest BCUT2D eigenvalue weighted by molar-refractivity contribution is 8.00. The highest BCUT2D eigenvalue weighted by Gasteiger charge is 2.29. The van der Waals surface area contributed by atoms with Crippen molar-refractivity contribution in [2.45, 2.75) is 9.79 Å². The van der Waals surface area contributed by atoms with Gasteiger partial charge in [0.25, 0.3) is 0 Å². The van der Waals surface area contributed by atoms with Crippen LogP contribution in [0.1, 0.15) is 0 Å². The molecule has 96 valence electrons. The lowest BCUT2D eigenvalue weighted by Gasteiger charge is -2.29. The maximum absolute atomic E-state index is 11.7. The van der Waals surface area contributed by atoms with Crippen LogP contribution in [0.4, 0.5) is 16.2 Å². The fraction of sp³-hybridized carbons (Fsp3) is 0. The molecule has 1 amide bonds. The summed E-state index contributed by atoms with van der Waals surface area (Å²) in [6, 6.07) is 10.9. The molecule has 0 saturated carbocycles. The van der Waals surface area contributed by atoms with E-state index in [-0.39, 0.29) is 0 Å². The smallest absolute Gasteiger partial charge is 0.265 e. The van der Waals surface area contributed by atoms with Gasteiger partial charge in [-0.2, -0.15) is 0 Å². The molecule has 0 spiro atoms. The van der Waals surface area contributed by atoms with Crippen LogP contribution in [0.5, 0.6) is 0 Å². The van der Waals surface area contributed by atoms with E-state index in [4.69, 9.17) is 34.8 Å². The summed E-state index contributed by atoms with van der Waals surface area (Å²) in [5.41, 5.74) is 1.40. The summed E-state index contributed by atoms with van der Waals surface area (Å²) >= 11 is 19.4. The number of halogens is 3. The van der Waals surface area contributed by atoms with Crippen molar-refractivity contribution in [2.75, 3.05) is 4.90 Å². The number of nitrogens with zero attached hydrogens (tertiary/aromatic N) is 1. The standard InChI is InChI=1S/C13H6Cl3NOS/c14-7-5-6-9-12(11(7)15)19-10-4-2-1-3-8(10)17(9)13(16)18/h1-6H. The number of rotatable bonds is 0. The molecule has 0 N–H and O–H groups in total. The van der Waals surface area contributed by atoms with Gasteiger partial charge in [-0.1, -0.05) is 47.1 Å². The molecule has 1 aliphatic heterocycles. The Labute approximate surface area is 129 Å². The van der Waals surface area contributed by atoms with Crippen molar-refractivity contribution in [3.05, 3.63) is 46.4 Å². The normalized spacial score (nSPS) is 12.9. The number of carbonyl (C=O) groups is 1. The molecule has 0 aromatic heterocycles. The molecule has 0 aliphatic carbocycles. The third kappa shape index (κ3) is 2.11. The molecule has 0 bridgehead atoms. The Kier molecular flexibility index (Phi) is 3.39. The van der Waals surface area contributed by atoms with Gasteiger partial charge in [0, 0.05) is 4.90 Å². The molecule has 0 fully saturated rings. The van der Waals surface area contributed by atoms with E-state index in [1.807, 2.05) is 24.3 Å². The summed E-state index contributed by atoms with van der Waals surface area (Å²) in [5.74, 6) is 0. The summed E-state index contributed by atoms with van der Waals surface area (Å²) in [7, 11) is 0. The molecule has 0 radical (unpaired) electrons. The first-order valence-electron chi connectivity index (χ1n) is 5.34. The van der Waals surface area contributed by atoms with Gasteiger partial charge in [0.05, 0.1) is 26.3 Å². The van der Waals surface area contributed by atoms with Crippen LogP contribution in [0.2, 0.25) is 10.0 Å². The van der Waals surface area contributed by atoms with Gasteiger partial charge in [-0.15, -0.1) is 0 Å². The van der Waals surface area contributed by atoms with Gasteiger partial charge >= 0.3 is 5.37 Å². The second kappa shape index (κ2) is 4.91. The SMILES string of the molecule is O=C(Cl)N1c2ccccc2Sc2c1ccc(Cl)c2Cl. The Hall–Kier alpha value is -0.870. The zero-order chi connectivity index (χ0) is 13.6. The number of amides is 1. The number of hydrogen-bond acceptors (Lipinski definition) is 2. The number of carbonyl (C=O) groups excluding carboxylic acids is 1. The van der Waals surface area contributed by atoms with Gasteiger partial charge in [-0.25, -0.2) is 0 Å². The monoisotopic (exact) mass is 329 g/mol. The maximum atomic E-state index is 11.7. The molecule has 0 saturated heterocycles. The Morgan fingerprint density at radius 2 is 1.79 bits per heavy atom. The van der Waals surface area contributed by atoms with Crippen LogP contribution in [-0.2, 0) is 0 Å². The van der Waals surface area contributed by atoms with Crippen molar-refractivity contribution in [3.8, 4) is 0 Å². The Morgan fingerprint density at radius 1 is 1.05 bits per heavy atom. The van der Waals surface area contributed by atoms with E-state index in [1.165, 1.54) is 16.7 Å². The lowest BCUT2D eigenvalue weighted by Crippen LogP contribution is -2.23. The predicted octanol–water partition coefficient (Wildman–Crippen LogP) is 5.95. The largest absolute Gasteiger partial charge is 0.325 e. The summed E-state index contributed by atoms with van der Waals surface area (Å²) in [6.07, 6.45) is 0. The molecule has 2 aromatic rings. The second-order valence-electron chi connectivity index (χ2n) is 3.87. The molecule has 1 heterocycles. The number of anilines is 2. The molecule has 0 unspecified atom stereocenters. The fourth-order valence-corrected chi connectivity index (χ4v) is 3.72. The van der Waals surface area contributed by atoms with E-state index in [1.54, 1.807) is 12.1 Å². The van der Waals surface area contributed by atoms with Crippen LogP contribution in [0.15, 0.2) is 46.2 Å². The molecule has 6 heteroatoms. The number of fused-ring (bicyclic) bond motifs is 2. The highest BCUT2D eigenvalue weighted by Crippen LogP contribution is 2.52. The minimum atomic E-state index is -0.576. The molecular formula is C13H6Cl3NOS. The Bertz CT molecular complexity index is 690. The fourth-order valence-electron chi connectivity index (χ4n) is 1.95. The van der Waals surface area contributed by atoms with Crippen molar-refractivity contribution < 1.29 is 4.79 Å². The number of para-hydroxylation sites is 1. The van der Waals surface area contributed by atoms with Crippen LogP contribution in [0.25, 0.3) is 0 Å². The topological polar surface area (TPSA) is 20.3 Å². The Balaban J connectivity index is 2.28. The third-order valence-electron chi connectivity index (χ3n) is 2.76.